The topological polar surface area (TPSA) is 49.4 Å². The van der Waals surface area contributed by atoms with Gasteiger partial charge in [0.05, 0.1) is 11.5 Å². The number of hydrogen-bond donors (Lipinski definition) is 1. The Morgan fingerprint density at radius 3 is 2.65 bits per heavy atom. The standard InChI is InChI=1S/C12H26N2O2S/c1-3-13-8-5-4-6-9-14(2)12-7-10-17(15,16)11-12/h12-13H,3-11H2,1-2H3. The van der Waals surface area contributed by atoms with E-state index in [0.717, 1.165) is 26.1 Å². The first-order chi connectivity index (χ1) is 8.05. The number of hydrogen-bond acceptors (Lipinski definition) is 4. The minimum atomic E-state index is -2.73. The molecule has 1 rings (SSSR count). The van der Waals surface area contributed by atoms with Crippen molar-refractivity contribution in [3.63, 3.8) is 0 Å². The van der Waals surface area contributed by atoms with Crippen molar-refractivity contribution >= 4 is 9.84 Å². The van der Waals surface area contributed by atoms with Gasteiger partial charge < -0.3 is 10.2 Å². The smallest absolute Gasteiger partial charge is 0.151 e. The third-order valence-electron chi connectivity index (χ3n) is 3.45. The van der Waals surface area contributed by atoms with Crippen LogP contribution in [0.2, 0.25) is 0 Å². The fourth-order valence-electron chi connectivity index (χ4n) is 2.27. The van der Waals surface area contributed by atoms with Crippen LogP contribution in [-0.4, -0.2) is 57.5 Å². The van der Waals surface area contributed by atoms with Crippen molar-refractivity contribution in [3.05, 3.63) is 0 Å². The van der Waals surface area contributed by atoms with Crippen LogP contribution in [0.4, 0.5) is 0 Å². The highest BCUT2D eigenvalue weighted by atomic mass is 32.2. The molecular weight excluding hydrogens is 236 g/mol. The van der Waals surface area contributed by atoms with Gasteiger partial charge >= 0.3 is 0 Å². The maximum atomic E-state index is 11.4. The van der Waals surface area contributed by atoms with Crippen LogP contribution in [0.3, 0.4) is 0 Å². The second-order valence-corrected chi connectivity index (χ2v) is 7.18. The summed E-state index contributed by atoms with van der Waals surface area (Å²) in [5.41, 5.74) is 0. The van der Waals surface area contributed by atoms with E-state index in [9.17, 15) is 8.42 Å². The first-order valence-electron chi connectivity index (χ1n) is 6.66. The summed E-state index contributed by atoms with van der Waals surface area (Å²) < 4.78 is 22.7. The van der Waals surface area contributed by atoms with E-state index in [0.29, 0.717) is 11.5 Å². The second-order valence-electron chi connectivity index (χ2n) is 4.95. The van der Waals surface area contributed by atoms with E-state index in [1.54, 1.807) is 0 Å². The molecule has 1 aliphatic heterocycles. The fraction of sp³-hybridized carbons (Fsp3) is 1.00. The van der Waals surface area contributed by atoms with Gasteiger partial charge in [0, 0.05) is 6.04 Å². The molecule has 1 fully saturated rings. The van der Waals surface area contributed by atoms with Crippen LogP contribution in [0.25, 0.3) is 0 Å². The van der Waals surface area contributed by atoms with Gasteiger partial charge in [0.1, 0.15) is 0 Å². The fourth-order valence-corrected chi connectivity index (χ4v) is 4.08. The van der Waals surface area contributed by atoms with E-state index in [1.807, 2.05) is 0 Å². The van der Waals surface area contributed by atoms with Crippen LogP contribution in [-0.2, 0) is 9.84 Å². The van der Waals surface area contributed by atoms with Crippen molar-refractivity contribution in [2.75, 3.05) is 38.2 Å². The Labute approximate surface area is 106 Å². The lowest BCUT2D eigenvalue weighted by molar-refractivity contribution is 0.256. The zero-order valence-electron chi connectivity index (χ0n) is 11.1. The number of unbranched alkanes of at least 4 members (excludes halogenated alkanes) is 2. The molecule has 1 saturated heterocycles. The van der Waals surface area contributed by atoms with Crippen LogP contribution in [0.1, 0.15) is 32.6 Å². The number of nitrogens with one attached hydrogen (secondary N) is 1. The van der Waals surface area contributed by atoms with Gasteiger partial charge in [0.2, 0.25) is 0 Å². The molecule has 0 saturated carbocycles. The molecule has 0 amide bonds. The minimum Gasteiger partial charge on any atom is -0.317 e. The van der Waals surface area contributed by atoms with Crippen LogP contribution < -0.4 is 5.32 Å². The SMILES string of the molecule is CCNCCCCCN(C)C1CCS(=O)(=O)C1. The average Bonchev–Trinajstić information content (AvgIpc) is 2.64. The number of rotatable bonds is 8. The molecule has 0 aromatic heterocycles. The summed E-state index contributed by atoms with van der Waals surface area (Å²) in [4.78, 5) is 2.22. The Morgan fingerprint density at radius 2 is 2.06 bits per heavy atom. The first-order valence-corrected chi connectivity index (χ1v) is 8.48. The highest BCUT2D eigenvalue weighted by molar-refractivity contribution is 7.91. The third kappa shape index (κ3) is 5.84. The molecular formula is C12H26N2O2S. The van der Waals surface area contributed by atoms with Crippen LogP contribution in [0.5, 0.6) is 0 Å². The molecule has 17 heavy (non-hydrogen) atoms. The van der Waals surface area contributed by atoms with E-state index in [1.165, 1.54) is 19.3 Å². The zero-order valence-corrected chi connectivity index (χ0v) is 11.9. The summed E-state index contributed by atoms with van der Waals surface area (Å²) in [5, 5.41) is 3.31. The first kappa shape index (κ1) is 14.9. The summed E-state index contributed by atoms with van der Waals surface area (Å²) in [6, 6.07) is 0.258. The summed E-state index contributed by atoms with van der Waals surface area (Å²) in [6.07, 6.45) is 4.41. The molecule has 1 aliphatic rings. The van der Waals surface area contributed by atoms with Crippen molar-refractivity contribution < 1.29 is 8.42 Å². The van der Waals surface area contributed by atoms with Gasteiger partial charge in [-0.1, -0.05) is 13.3 Å². The monoisotopic (exact) mass is 262 g/mol. The highest BCUT2D eigenvalue weighted by Crippen LogP contribution is 2.16. The summed E-state index contributed by atoms with van der Waals surface area (Å²) >= 11 is 0. The lowest BCUT2D eigenvalue weighted by atomic mass is 10.2. The number of sulfone groups is 1. The van der Waals surface area contributed by atoms with Crippen molar-refractivity contribution in [2.24, 2.45) is 0 Å². The Bertz CT molecular complexity index is 304. The van der Waals surface area contributed by atoms with Gasteiger partial charge in [0.15, 0.2) is 9.84 Å². The normalized spacial score (nSPS) is 23.4. The number of nitrogens with zero attached hydrogens (tertiary/aromatic N) is 1. The van der Waals surface area contributed by atoms with Crippen molar-refractivity contribution in [1.29, 1.82) is 0 Å². The molecule has 1 atom stereocenters. The maximum Gasteiger partial charge on any atom is 0.151 e. The molecule has 1 N–H and O–H groups in total. The predicted molar refractivity (Wildman–Crippen MR) is 72.1 cm³/mol. The molecule has 1 heterocycles. The second kappa shape index (κ2) is 7.34. The van der Waals surface area contributed by atoms with Crippen molar-refractivity contribution in [1.82, 2.24) is 10.2 Å². The minimum absolute atomic E-state index is 0.258. The summed E-state index contributed by atoms with van der Waals surface area (Å²) in [5.74, 6) is 0.739. The molecule has 0 spiro atoms. The molecule has 5 heteroatoms. The van der Waals surface area contributed by atoms with Crippen LogP contribution in [0.15, 0.2) is 0 Å². The molecule has 0 aliphatic carbocycles. The Kier molecular flexibility index (Phi) is 6.44. The van der Waals surface area contributed by atoms with E-state index >= 15 is 0 Å². The lowest BCUT2D eigenvalue weighted by Crippen LogP contribution is -2.33. The largest absolute Gasteiger partial charge is 0.317 e. The molecule has 0 bridgehead atoms. The molecule has 102 valence electrons. The van der Waals surface area contributed by atoms with E-state index in [2.05, 4.69) is 24.2 Å². The predicted octanol–water partition coefficient (Wildman–Crippen LogP) is 0.885. The van der Waals surface area contributed by atoms with Gasteiger partial charge in [-0.05, 0) is 45.9 Å². The van der Waals surface area contributed by atoms with Crippen molar-refractivity contribution in [3.8, 4) is 0 Å². The highest BCUT2D eigenvalue weighted by Gasteiger charge is 2.30. The Balaban J connectivity index is 2.07. The van der Waals surface area contributed by atoms with Crippen molar-refractivity contribution in [2.45, 2.75) is 38.6 Å². The van der Waals surface area contributed by atoms with Crippen LogP contribution in [0, 0.1) is 0 Å². The Morgan fingerprint density at radius 1 is 1.29 bits per heavy atom. The molecule has 4 nitrogen and oxygen atoms in total. The summed E-state index contributed by atoms with van der Waals surface area (Å²) in [7, 11) is -0.683. The average molecular weight is 262 g/mol. The molecule has 0 aromatic carbocycles. The summed E-state index contributed by atoms with van der Waals surface area (Å²) in [6.45, 7) is 5.28. The van der Waals surface area contributed by atoms with Gasteiger partial charge in [-0.2, -0.15) is 0 Å². The van der Waals surface area contributed by atoms with E-state index in [-0.39, 0.29) is 6.04 Å². The molecule has 0 radical (unpaired) electrons. The van der Waals surface area contributed by atoms with Gasteiger partial charge in [0.25, 0.3) is 0 Å². The van der Waals surface area contributed by atoms with Gasteiger partial charge in [-0.15, -0.1) is 0 Å². The molecule has 0 aromatic rings. The third-order valence-corrected chi connectivity index (χ3v) is 5.20. The van der Waals surface area contributed by atoms with Gasteiger partial charge in [-0.25, -0.2) is 8.42 Å². The zero-order chi connectivity index (χ0) is 12.7. The van der Waals surface area contributed by atoms with E-state index in [4.69, 9.17) is 0 Å². The molecule has 1 unspecified atom stereocenters. The van der Waals surface area contributed by atoms with Gasteiger partial charge in [-0.3, -0.25) is 0 Å². The maximum absolute atomic E-state index is 11.4. The van der Waals surface area contributed by atoms with E-state index < -0.39 is 9.84 Å². The van der Waals surface area contributed by atoms with Crippen LogP contribution >= 0.6 is 0 Å². The lowest BCUT2D eigenvalue weighted by Gasteiger charge is -2.22. The Hall–Kier alpha value is -0.130. The quantitative estimate of drug-likeness (QED) is 0.660.